The van der Waals surface area contributed by atoms with Gasteiger partial charge in [-0.05, 0) is 60.9 Å². The van der Waals surface area contributed by atoms with E-state index in [1.54, 1.807) is 24.3 Å². The number of carbonyl (C=O) groups excluding carboxylic acids is 2. The third kappa shape index (κ3) is 5.37. The van der Waals surface area contributed by atoms with E-state index >= 15 is 0 Å². The molecule has 0 unspecified atom stereocenters. The summed E-state index contributed by atoms with van der Waals surface area (Å²) in [4.78, 5) is 26.7. The fourth-order valence-corrected chi connectivity index (χ4v) is 4.07. The van der Waals surface area contributed by atoms with E-state index in [4.69, 9.17) is 17.0 Å². The molecule has 2 aromatic rings. The Balaban J connectivity index is 1.62. The van der Waals surface area contributed by atoms with Crippen LogP contribution in [0, 0.1) is 13.8 Å². The van der Waals surface area contributed by atoms with Gasteiger partial charge < -0.3 is 10.1 Å². The van der Waals surface area contributed by atoms with Gasteiger partial charge in [0, 0.05) is 12.2 Å². The van der Waals surface area contributed by atoms with Gasteiger partial charge in [-0.1, -0.05) is 48.3 Å². The van der Waals surface area contributed by atoms with Crippen molar-refractivity contribution >= 4 is 51.9 Å². The molecule has 1 N–H and O–H groups in total. The SMILES string of the molecule is C=CCN1C(=O)/C(=C/c2cccc(OCC(=O)Nc3ccc(C)c(C)c3)c2)SC1=S. The van der Waals surface area contributed by atoms with Gasteiger partial charge in [-0.25, -0.2) is 0 Å². The van der Waals surface area contributed by atoms with Crippen molar-refractivity contribution in [3.8, 4) is 5.75 Å². The van der Waals surface area contributed by atoms with Gasteiger partial charge in [0.2, 0.25) is 0 Å². The topological polar surface area (TPSA) is 58.6 Å². The Morgan fingerprint density at radius 3 is 2.77 bits per heavy atom. The van der Waals surface area contributed by atoms with Crippen molar-refractivity contribution in [3.05, 3.63) is 76.7 Å². The highest BCUT2D eigenvalue weighted by Crippen LogP contribution is 2.32. The lowest BCUT2D eigenvalue weighted by Crippen LogP contribution is -2.27. The van der Waals surface area contributed by atoms with Crippen LogP contribution >= 0.6 is 24.0 Å². The molecule has 1 fully saturated rings. The molecule has 0 radical (unpaired) electrons. The summed E-state index contributed by atoms with van der Waals surface area (Å²) in [5.74, 6) is 0.165. The molecule has 1 saturated heterocycles. The van der Waals surface area contributed by atoms with Crippen molar-refractivity contribution < 1.29 is 14.3 Å². The fraction of sp³-hybridized carbons (Fsp3) is 0.174. The molecule has 2 amide bonds. The first-order chi connectivity index (χ1) is 14.4. The summed E-state index contributed by atoms with van der Waals surface area (Å²) in [6.07, 6.45) is 3.41. The van der Waals surface area contributed by atoms with Crippen LogP contribution in [0.15, 0.2) is 60.0 Å². The molecule has 2 aromatic carbocycles. The second-order valence-corrected chi connectivity index (χ2v) is 8.47. The van der Waals surface area contributed by atoms with Crippen LogP contribution in [0.3, 0.4) is 0 Å². The number of anilines is 1. The van der Waals surface area contributed by atoms with E-state index in [2.05, 4.69) is 11.9 Å². The first-order valence-corrected chi connectivity index (χ1v) is 10.6. The summed E-state index contributed by atoms with van der Waals surface area (Å²) < 4.78 is 6.14. The van der Waals surface area contributed by atoms with E-state index in [-0.39, 0.29) is 18.4 Å². The maximum absolute atomic E-state index is 12.4. The molecule has 0 saturated carbocycles. The second-order valence-electron chi connectivity index (χ2n) is 6.79. The lowest BCUT2D eigenvalue weighted by molar-refractivity contribution is -0.121. The third-order valence-electron chi connectivity index (χ3n) is 4.50. The molecule has 5 nitrogen and oxygen atoms in total. The van der Waals surface area contributed by atoms with Crippen molar-refractivity contribution in [1.29, 1.82) is 0 Å². The van der Waals surface area contributed by atoms with E-state index in [9.17, 15) is 9.59 Å². The van der Waals surface area contributed by atoms with Gasteiger partial charge in [0.1, 0.15) is 10.1 Å². The quantitative estimate of drug-likeness (QED) is 0.385. The predicted octanol–water partition coefficient (Wildman–Crippen LogP) is 4.71. The molecule has 0 aliphatic carbocycles. The summed E-state index contributed by atoms with van der Waals surface area (Å²) in [5.41, 5.74) is 3.81. The molecular weight excluding hydrogens is 416 g/mol. The molecule has 30 heavy (non-hydrogen) atoms. The Morgan fingerprint density at radius 1 is 1.23 bits per heavy atom. The van der Waals surface area contributed by atoms with Crippen molar-refractivity contribution in [2.45, 2.75) is 13.8 Å². The molecule has 0 aromatic heterocycles. The lowest BCUT2D eigenvalue weighted by Gasteiger charge is -2.10. The van der Waals surface area contributed by atoms with Crippen LogP contribution in [0.4, 0.5) is 5.69 Å². The molecule has 1 aliphatic rings. The van der Waals surface area contributed by atoms with Crippen LogP contribution in [0.1, 0.15) is 16.7 Å². The zero-order valence-corrected chi connectivity index (χ0v) is 18.4. The number of thioether (sulfide) groups is 1. The first-order valence-electron chi connectivity index (χ1n) is 9.33. The number of carbonyl (C=O) groups is 2. The van der Waals surface area contributed by atoms with Gasteiger partial charge in [-0.15, -0.1) is 6.58 Å². The van der Waals surface area contributed by atoms with E-state index in [1.165, 1.54) is 22.2 Å². The molecule has 3 rings (SSSR count). The zero-order chi connectivity index (χ0) is 21.7. The van der Waals surface area contributed by atoms with Crippen LogP contribution < -0.4 is 10.1 Å². The lowest BCUT2D eigenvalue weighted by atomic mass is 10.1. The smallest absolute Gasteiger partial charge is 0.266 e. The number of hydrogen-bond donors (Lipinski definition) is 1. The summed E-state index contributed by atoms with van der Waals surface area (Å²) in [7, 11) is 0. The van der Waals surface area contributed by atoms with Crippen LogP contribution in [0.2, 0.25) is 0 Å². The first kappa shape index (κ1) is 21.8. The number of aryl methyl sites for hydroxylation is 2. The molecule has 1 heterocycles. The summed E-state index contributed by atoms with van der Waals surface area (Å²) in [6.45, 7) is 7.95. The average Bonchev–Trinajstić information content (AvgIpc) is 2.97. The molecule has 0 atom stereocenters. The number of nitrogens with one attached hydrogen (secondary N) is 1. The Morgan fingerprint density at radius 2 is 2.03 bits per heavy atom. The highest BCUT2D eigenvalue weighted by Gasteiger charge is 2.30. The zero-order valence-electron chi connectivity index (χ0n) is 16.8. The standard InChI is InChI=1S/C23H22N2O3S2/c1-4-10-25-22(27)20(30-23(25)29)13-17-6-5-7-19(12-17)28-14-21(26)24-18-9-8-15(2)16(3)11-18/h4-9,11-13H,1,10,14H2,2-3H3,(H,24,26)/b20-13-. The highest BCUT2D eigenvalue weighted by atomic mass is 32.2. The minimum Gasteiger partial charge on any atom is -0.484 e. The summed E-state index contributed by atoms with van der Waals surface area (Å²) >= 11 is 6.51. The molecule has 154 valence electrons. The van der Waals surface area contributed by atoms with Gasteiger partial charge in [-0.2, -0.15) is 0 Å². The van der Waals surface area contributed by atoms with E-state index < -0.39 is 0 Å². The maximum atomic E-state index is 12.4. The number of rotatable bonds is 7. The van der Waals surface area contributed by atoms with Crippen LogP contribution in [0.5, 0.6) is 5.75 Å². The molecule has 7 heteroatoms. The largest absolute Gasteiger partial charge is 0.484 e. The van der Waals surface area contributed by atoms with Gasteiger partial charge in [-0.3, -0.25) is 14.5 Å². The van der Waals surface area contributed by atoms with E-state index in [1.807, 2.05) is 44.2 Å². The van der Waals surface area contributed by atoms with Crippen molar-refractivity contribution in [1.82, 2.24) is 4.90 Å². The molecule has 1 aliphatic heterocycles. The number of amides is 2. The predicted molar refractivity (Wildman–Crippen MR) is 127 cm³/mol. The Labute approximate surface area is 185 Å². The number of hydrogen-bond acceptors (Lipinski definition) is 5. The normalized spacial score (nSPS) is 14.9. The minimum atomic E-state index is -0.242. The van der Waals surface area contributed by atoms with Gasteiger partial charge in [0.15, 0.2) is 6.61 Å². The third-order valence-corrected chi connectivity index (χ3v) is 5.88. The maximum Gasteiger partial charge on any atom is 0.266 e. The van der Waals surface area contributed by atoms with E-state index in [0.717, 1.165) is 16.8 Å². The highest BCUT2D eigenvalue weighted by molar-refractivity contribution is 8.26. The summed E-state index contributed by atoms with van der Waals surface area (Å²) in [6, 6.07) is 13.0. The fourth-order valence-electron chi connectivity index (χ4n) is 2.80. The van der Waals surface area contributed by atoms with Crippen LogP contribution in [-0.4, -0.2) is 34.2 Å². The number of ether oxygens (including phenoxy) is 1. The second kappa shape index (κ2) is 9.73. The summed E-state index contributed by atoms with van der Waals surface area (Å²) in [5, 5.41) is 2.83. The number of thiocarbonyl (C=S) groups is 1. The number of nitrogens with zero attached hydrogens (tertiary/aromatic N) is 1. The van der Waals surface area contributed by atoms with Crippen molar-refractivity contribution in [3.63, 3.8) is 0 Å². The van der Waals surface area contributed by atoms with E-state index in [0.29, 0.717) is 21.5 Å². The van der Waals surface area contributed by atoms with Crippen molar-refractivity contribution in [2.75, 3.05) is 18.5 Å². The van der Waals surface area contributed by atoms with Gasteiger partial charge in [0.25, 0.3) is 11.8 Å². The van der Waals surface area contributed by atoms with Crippen LogP contribution in [0.25, 0.3) is 6.08 Å². The van der Waals surface area contributed by atoms with Gasteiger partial charge in [0.05, 0.1) is 4.91 Å². The van der Waals surface area contributed by atoms with Crippen molar-refractivity contribution in [2.24, 2.45) is 0 Å². The Kier molecular flexibility index (Phi) is 7.07. The molecule has 0 spiro atoms. The minimum absolute atomic E-state index is 0.113. The molecule has 0 bridgehead atoms. The Bertz CT molecular complexity index is 1050. The Hall–Kier alpha value is -2.90. The number of benzene rings is 2. The monoisotopic (exact) mass is 438 g/mol. The van der Waals surface area contributed by atoms with Gasteiger partial charge >= 0.3 is 0 Å². The average molecular weight is 439 g/mol. The van der Waals surface area contributed by atoms with Crippen LogP contribution in [-0.2, 0) is 9.59 Å². The molecular formula is C23H22N2O3S2.